The van der Waals surface area contributed by atoms with Gasteiger partial charge in [-0.3, -0.25) is 4.90 Å². The summed E-state index contributed by atoms with van der Waals surface area (Å²) in [5.41, 5.74) is 2.36. The zero-order valence-electron chi connectivity index (χ0n) is 17.3. The maximum Gasteiger partial charge on any atom is 0.140 e. The van der Waals surface area contributed by atoms with Crippen LogP contribution in [0.1, 0.15) is 59.8 Å². The number of rotatable bonds is 8. The molecule has 0 aliphatic carbocycles. The zero-order chi connectivity index (χ0) is 20.8. The second kappa shape index (κ2) is 9.84. The fraction of sp³-hybridized carbons (Fsp3) is 0.375. The number of hydrogen-bond donors (Lipinski definition) is 1. The maximum absolute atomic E-state index is 8.90. The van der Waals surface area contributed by atoms with Crippen molar-refractivity contribution in [2.75, 3.05) is 11.9 Å². The van der Waals surface area contributed by atoms with Gasteiger partial charge in [-0.15, -0.1) is 11.3 Å². The van der Waals surface area contributed by atoms with Gasteiger partial charge >= 0.3 is 0 Å². The third kappa shape index (κ3) is 5.05. The quantitative estimate of drug-likeness (QED) is 0.499. The molecule has 0 saturated carbocycles. The zero-order valence-corrected chi connectivity index (χ0v) is 18.2. The highest BCUT2D eigenvalue weighted by molar-refractivity contribution is 7.11. The van der Waals surface area contributed by atoms with Crippen LogP contribution in [0.25, 0.3) is 0 Å². The van der Waals surface area contributed by atoms with Gasteiger partial charge in [0.2, 0.25) is 0 Å². The largest absolute Gasteiger partial charge is 0.339 e. The summed E-state index contributed by atoms with van der Waals surface area (Å²) in [4.78, 5) is 14.5. The Bertz CT molecular complexity index is 1000. The van der Waals surface area contributed by atoms with Gasteiger partial charge in [-0.25, -0.2) is 9.97 Å². The van der Waals surface area contributed by atoms with E-state index in [2.05, 4.69) is 46.4 Å². The molecule has 1 aliphatic heterocycles. The van der Waals surface area contributed by atoms with Crippen LogP contribution in [0.4, 0.5) is 11.5 Å². The molecule has 0 unspecified atom stereocenters. The van der Waals surface area contributed by atoms with Crippen LogP contribution in [-0.4, -0.2) is 21.4 Å². The molecule has 1 fully saturated rings. The summed E-state index contributed by atoms with van der Waals surface area (Å²) >= 11 is 1.96. The lowest BCUT2D eigenvalue weighted by Crippen LogP contribution is -2.23. The lowest BCUT2D eigenvalue weighted by Gasteiger charge is -2.24. The monoisotopic (exact) mass is 417 g/mol. The fourth-order valence-corrected chi connectivity index (χ4v) is 5.02. The lowest BCUT2D eigenvalue weighted by molar-refractivity contribution is 0.247. The molecular formula is C24H27N5S. The third-order valence-corrected chi connectivity index (χ3v) is 6.61. The molecule has 4 rings (SSSR count). The van der Waals surface area contributed by atoms with Crippen molar-refractivity contribution in [3.8, 4) is 6.07 Å². The van der Waals surface area contributed by atoms with E-state index in [0.29, 0.717) is 11.7 Å². The van der Waals surface area contributed by atoms with Crippen molar-refractivity contribution in [1.82, 2.24) is 14.9 Å². The van der Waals surface area contributed by atoms with Crippen LogP contribution in [0.15, 0.2) is 48.7 Å². The predicted molar refractivity (Wildman–Crippen MR) is 122 cm³/mol. The van der Waals surface area contributed by atoms with Crippen LogP contribution in [0.2, 0.25) is 0 Å². The minimum atomic E-state index is 0.354. The molecule has 154 valence electrons. The van der Waals surface area contributed by atoms with Gasteiger partial charge < -0.3 is 5.32 Å². The van der Waals surface area contributed by atoms with Gasteiger partial charge in [0, 0.05) is 16.3 Å². The summed E-state index contributed by atoms with van der Waals surface area (Å²) in [6, 6.07) is 16.7. The first-order valence-electron chi connectivity index (χ1n) is 10.7. The van der Waals surface area contributed by atoms with Crippen molar-refractivity contribution in [3.05, 3.63) is 69.8 Å². The topological polar surface area (TPSA) is 64.8 Å². The first-order valence-corrected chi connectivity index (χ1v) is 11.5. The Morgan fingerprint density at radius 1 is 1.20 bits per heavy atom. The van der Waals surface area contributed by atoms with Gasteiger partial charge in [-0.1, -0.05) is 19.4 Å². The van der Waals surface area contributed by atoms with Crippen molar-refractivity contribution in [1.29, 1.82) is 5.26 Å². The molecule has 0 radical (unpaired) electrons. The Morgan fingerprint density at radius 3 is 2.90 bits per heavy atom. The molecule has 5 nitrogen and oxygen atoms in total. The molecule has 1 N–H and O–H groups in total. The minimum Gasteiger partial charge on any atom is -0.339 e. The van der Waals surface area contributed by atoms with Crippen molar-refractivity contribution < 1.29 is 0 Å². The van der Waals surface area contributed by atoms with E-state index >= 15 is 0 Å². The Kier molecular flexibility index (Phi) is 6.73. The second-order valence-corrected chi connectivity index (χ2v) is 8.97. The number of nitrogens with zero attached hydrogens (tertiary/aromatic N) is 4. The van der Waals surface area contributed by atoms with Crippen LogP contribution in [-0.2, 0) is 13.0 Å². The number of likely N-dealkylation sites (tertiary alicyclic amines) is 1. The van der Waals surface area contributed by atoms with Crippen LogP contribution in [0, 0.1) is 11.3 Å². The average molecular weight is 418 g/mol. The van der Waals surface area contributed by atoms with E-state index in [1.54, 1.807) is 12.3 Å². The van der Waals surface area contributed by atoms with E-state index in [-0.39, 0.29) is 0 Å². The molecule has 1 aliphatic rings. The van der Waals surface area contributed by atoms with Crippen molar-refractivity contribution in [3.63, 3.8) is 0 Å². The smallest absolute Gasteiger partial charge is 0.140 e. The number of hydrogen-bond acceptors (Lipinski definition) is 6. The summed E-state index contributed by atoms with van der Waals surface area (Å²) < 4.78 is 0. The molecule has 0 bridgehead atoms. The van der Waals surface area contributed by atoms with Gasteiger partial charge in [0.15, 0.2) is 0 Å². The summed E-state index contributed by atoms with van der Waals surface area (Å²) in [6.45, 7) is 4.36. The lowest BCUT2D eigenvalue weighted by atomic mass is 10.1. The van der Waals surface area contributed by atoms with Gasteiger partial charge in [-0.05, 0) is 68.6 Å². The standard InChI is InChI=1S/C24H27N5S/c1-2-3-6-20-12-13-21(30-20)17-29-14-5-8-23(29)22-7-4-9-24(28-22)27-19-11-10-18(15-25)26-16-19/h4,7,9-13,16,23H,2-3,5-6,8,14,17H2,1H3,(H,27,28)/t23-/m1/s1. The van der Waals surface area contributed by atoms with E-state index in [9.17, 15) is 0 Å². The third-order valence-electron chi connectivity index (χ3n) is 5.48. The van der Waals surface area contributed by atoms with Crippen LogP contribution >= 0.6 is 11.3 Å². The van der Waals surface area contributed by atoms with E-state index in [1.165, 1.54) is 35.4 Å². The van der Waals surface area contributed by atoms with E-state index < -0.39 is 0 Å². The highest BCUT2D eigenvalue weighted by Crippen LogP contribution is 2.34. The number of aryl methyl sites for hydroxylation is 1. The average Bonchev–Trinajstić information content (AvgIpc) is 3.43. The summed E-state index contributed by atoms with van der Waals surface area (Å²) in [7, 11) is 0. The Hall–Kier alpha value is -2.75. The number of pyridine rings is 2. The predicted octanol–water partition coefficient (Wildman–Crippen LogP) is 5.83. The summed E-state index contributed by atoms with van der Waals surface area (Å²) in [6.07, 6.45) is 7.73. The van der Waals surface area contributed by atoms with E-state index in [1.807, 2.05) is 29.5 Å². The number of unbranched alkanes of at least 4 members (excludes halogenated alkanes) is 1. The second-order valence-electron chi connectivity index (χ2n) is 7.72. The van der Waals surface area contributed by atoms with Gasteiger partial charge in [0.25, 0.3) is 0 Å². The first-order chi connectivity index (χ1) is 14.7. The molecule has 4 heterocycles. The maximum atomic E-state index is 8.90. The molecule has 6 heteroatoms. The highest BCUT2D eigenvalue weighted by Gasteiger charge is 2.27. The van der Waals surface area contributed by atoms with Gasteiger partial charge in [0.1, 0.15) is 17.6 Å². The normalized spacial score (nSPS) is 16.5. The van der Waals surface area contributed by atoms with Crippen LogP contribution in [0.3, 0.4) is 0 Å². The molecule has 3 aromatic heterocycles. The number of aromatic nitrogens is 2. The molecule has 0 aromatic carbocycles. The van der Waals surface area contributed by atoms with Crippen molar-refractivity contribution in [2.24, 2.45) is 0 Å². The van der Waals surface area contributed by atoms with E-state index in [0.717, 1.165) is 36.7 Å². The molecule has 1 saturated heterocycles. The summed E-state index contributed by atoms with van der Waals surface area (Å²) in [5.74, 6) is 0.809. The molecule has 3 aromatic rings. The molecule has 0 amide bonds. The Balaban J connectivity index is 1.44. The summed E-state index contributed by atoms with van der Waals surface area (Å²) in [5, 5.41) is 12.2. The van der Waals surface area contributed by atoms with E-state index in [4.69, 9.17) is 10.2 Å². The molecule has 1 atom stereocenters. The first kappa shape index (κ1) is 20.5. The number of nitriles is 1. The van der Waals surface area contributed by atoms with Crippen LogP contribution in [0.5, 0.6) is 0 Å². The Morgan fingerprint density at radius 2 is 2.10 bits per heavy atom. The molecule has 0 spiro atoms. The van der Waals surface area contributed by atoms with Crippen LogP contribution < -0.4 is 5.32 Å². The fourth-order valence-electron chi connectivity index (χ4n) is 3.93. The number of anilines is 2. The minimum absolute atomic E-state index is 0.354. The molecular weight excluding hydrogens is 390 g/mol. The van der Waals surface area contributed by atoms with Gasteiger partial charge in [0.05, 0.1) is 23.6 Å². The number of nitrogens with one attached hydrogen (secondary N) is 1. The Labute approximate surface area is 182 Å². The van der Waals surface area contributed by atoms with Crippen molar-refractivity contribution in [2.45, 2.75) is 51.6 Å². The number of thiophene rings is 1. The SMILES string of the molecule is CCCCc1ccc(CN2CCC[C@@H]2c2cccc(Nc3ccc(C#N)nc3)n2)s1. The van der Waals surface area contributed by atoms with Gasteiger partial charge in [-0.2, -0.15) is 5.26 Å². The highest BCUT2D eigenvalue weighted by atomic mass is 32.1. The van der Waals surface area contributed by atoms with Crippen molar-refractivity contribution >= 4 is 22.8 Å². The molecule has 30 heavy (non-hydrogen) atoms.